The van der Waals surface area contributed by atoms with Crippen LogP contribution in [0.1, 0.15) is 32.6 Å². The fraction of sp³-hybridized carbons (Fsp3) is 1.00. The summed E-state index contributed by atoms with van der Waals surface area (Å²) in [5.41, 5.74) is 0. The second-order valence-electron chi connectivity index (χ2n) is 4.12. The number of nitrogens with one attached hydrogen (secondary N) is 1. The summed E-state index contributed by atoms with van der Waals surface area (Å²) in [6.45, 7) is 3.35. The van der Waals surface area contributed by atoms with Gasteiger partial charge in [-0.05, 0) is 19.4 Å². The molecule has 0 aliphatic heterocycles. The Kier molecular flexibility index (Phi) is 5.02. The van der Waals surface area contributed by atoms with Gasteiger partial charge >= 0.3 is 0 Å². The van der Waals surface area contributed by atoms with Crippen LogP contribution in [0.15, 0.2) is 0 Å². The average molecular weight is 234 g/mol. The van der Waals surface area contributed by atoms with E-state index in [-0.39, 0.29) is 11.8 Å². The molecular weight excluding hydrogens is 212 g/mol. The number of hydrogen-bond acceptors (Lipinski definition) is 3. The molecule has 0 aromatic carbocycles. The fourth-order valence-electron chi connectivity index (χ4n) is 2.02. The minimum atomic E-state index is -3.05. The van der Waals surface area contributed by atoms with Crippen LogP contribution in [0.25, 0.3) is 0 Å². The highest BCUT2D eigenvalue weighted by atomic mass is 32.2. The molecule has 0 aromatic heterocycles. The van der Waals surface area contributed by atoms with E-state index in [0.29, 0.717) is 6.54 Å². The van der Waals surface area contributed by atoms with Gasteiger partial charge in [-0.2, -0.15) is 0 Å². The first-order valence-corrected chi connectivity index (χ1v) is 7.35. The summed E-state index contributed by atoms with van der Waals surface area (Å²) in [5.74, 6) is 0.216. The van der Waals surface area contributed by atoms with Crippen LogP contribution in [0.4, 0.5) is 0 Å². The zero-order valence-corrected chi connectivity index (χ0v) is 10.5. The molecule has 0 aromatic rings. The van der Waals surface area contributed by atoms with E-state index in [0.717, 1.165) is 32.2 Å². The van der Waals surface area contributed by atoms with E-state index in [1.165, 1.54) is 0 Å². The lowest BCUT2D eigenvalue weighted by Gasteiger charge is -2.23. The van der Waals surface area contributed by atoms with Crippen molar-refractivity contribution in [2.75, 3.05) is 25.9 Å². The lowest BCUT2D eigenvalue weighted by atomic mass is 10.3. The van der Waals surface area contributed by atoms with Crippen LogP contribution in [-0.2, 0) is 10.0 Å². The standard InChI is InChI=1S/C10H22N2O2S/c1-3-11-8-9-15(13,14)12(2)10-6-4-5-7-10/h10-11H,3-9H2,1-2H3. The van der Waals surface area contributed by atoms with Crippen LogP contribution in [0, 0.1) is 0 Å². The van der Waals surface area contributed by atoms with Gasteiger partial charge in [-0.25, -0.2) is 12.7 Å². The first-order valence-electron chi connectivity index (χ1n) is 5.74. The Balaban J connectivity index is 2.44. The van der Waals surface area contributed by atoms with Gasteiger partial charge in [0.25, 0.3) is 0 Å². The molecular formula is C10H22N2O2S. The highest BCUT2D eigenvalue weighted by molar-refractivity contribution is 7.89. The third-order valence-corrected chi connectivity index (χ3v) is 4.96. The molecule has 15 heavy (non-hydrogen) atoms. The SMILES string of the molecule is CCNCCS(=O)(=O)N(C)C1CCCC1. The summed E-state index contributed by atoms with van der Waals surface area (Å²) in [7, 11) is -1.33. The van der Waals surface area contributed by atoms with E-state index in [1.54, 1.807) is 11.4 Å². The van der Waals surface area contributed by atoms with Crippen molar-refractivity contribution in [3.8, 4) is 0 Å². The Bertz CT molecular complexity index is 271. The molecule has 1 N–H and O–H groups in total. The van der Waals surface area contributed by atoms with Gasteiger partial charge in [0.15, 0.2) is 0 Å². The Morgan fingerprint density at radius 3 is 2.47 bits per heavy atom. The van der Waals surface area contributed by atoms with E-state index < -0.39 is 10.0 Å². The van der Waals surface area contributed by atoms with Crippen molar-refractivity contribution in [1.29, 1.82) is 0 Å². The smallest absolute Gasteiger partial charge is 0.215 e. The summed E-state index contributed by atoms with van der Waals surface area (Å²) >= 11 is 0. The molecule has 1 fully saturated rings. The number of hydrogen-bond donors (Lipinski definition) is 1. The fourth-order valence-corrected chi connectivity index (χ4v) is 3.37. The van der Waals surface area contributed by atoms with Crippen LogP contribution < -0.4 is 5.32 Å². The first-order chi connectivity index (χ1) is 7.08. The number of nitrogens with zero attached hydrogens (tertiary/aromatic N) is 1. The maximum absolute atomic E-state index is 11.9. The lowest BCUT2D eigenvalue weighted by Crippen LogP contribution is -2.39. The maximum atomic E-state index is 11.9. The van der Waals surface area contributed by atoms with Crippen molar-refractivity contribution in [1.82, 2.24) is 9.62 Å². The molecule has 0 amide bonds. The van der Waals surface area contributed by atoms with Crippen molar-refractivity contribution >= 4 is 10.0 Å². The summed E-state index contributed by atoms with van der Waals surface area (Å²) < 4.78 is 25.3. The quantitative estimate of drug-likeness (QED) is 0.692. The third-order valence-electron chi connectivity index (χ3n) is 3.06. The van der Waals surface area contributed by atoms with Crippen molar-refractivity contribution in [3.63, 3.8) is 0 Å². The van der Waals surface area contributed by atoms with Gasteiger partial charge in [-0.15, -0.1) is 0 Å². The second kappa shape index (κ2) is 5.82. The average Bonchev–Trinajstić information content (AvgIpc) is 2.69. The van der Waals surface area contributed by atoms with E-state index >= 15 is 0 Å². The second-order valence-corrected chi connectivity index (χ2v) is 6.27. The van der Waals surface area contributed by atoms with Crippen LogP contribution in [0.5, 0.6) is 0 Å². The molecule has 90 valence electrons. The molecule has 1 saturated carbocycles. The van der Waals surface area contributed by atoms with Crippen molar-refractivity contribution in [2.45, 2.75) is 38.6 Å². The van der Waals surface area contributed by atoms with Crippen LogP contribution in [-0.4, -0.2) is 44.7 Å². The van der Waals surface area contributed by atoms with E-state index in [4.69, 9.17) is 0 Å². The summed E-state index contributed by atoms with van der Waals surface area (Å²) in [5, 5.41) is 3.04. The highest BCUT2D eigenvalue weighted by Gasteiger charge is 2.27. The predicted molar refractivity (Wildman–Crippen MR) is 62.3 cm³/mol. The van der Waals surface area contributed by atoms with Gasteiger partial charge in [-0.3, -0.25) is 0 Å². The maximum Gasteiger partial charge on any atom is 0.215 e. The minimum absolute atomic E-state index is 0.216. The largest absolute Gasteiger partial charge is 0.316 e. The van der Waals surface area contributed by atoms with Crippen LogP contribution >= 0.6 is 0 Å². The zero-order chi connectivity index (χ0) is 11.3. The Morgan fingerprint density at radius 2 is 1.93 bits per heavy atom. The van der Waals surface area contributed by atoms with E-state index in [1.807, 2.05) is 6.92 Å². The molecule has 1 rings (SSSR count). The Hall–Kier alpha value is -0.130. The normalized spacial score (nSPS) is 18.9. The topological polar surface area (TPSA) is 49.4 Å². The Morgan fingerprint density at radius 1 is 1.33 bits per heavy atom. The first kappa shape index (κ1) is 12.9. The summed E-state index contributed by atoms with van der Waals surface area (Å²) in [6.07, 6.45) is 4.38. The molecule has 0 saturated heterocycles. The molecule has 1 aliphatic rings. The molecule has 4 nitrogen and oxygen atoms in total. The molecule has 0 radical (unpaired) electrons. The highest BCUT2D eigenvalue weighted by Crippen LogP contribution is 2.24. The molecule has 0 heterocycles. The molecule has 5 heteroatoms. The van der Waals surface area contributed by atoms with Gasteiger partial charge in [-0.1, -0.05) is 19.8 Å². The van der Waals surface area contributed by atoms with Crippen LogP contribution in [0.2, 0.25) is 0 Å². The predicted octanol–water partition coefficient (Wildman–Crippen LogP) is 0.800. The zero-order valence-electron chi connectivity index (χ0n) is 9.70. The van der Waals surface area contributed by atoms with E-state index in [2.05, 4.69) is 5.32 Å². The van der Waals surface area contributed by atoms with Gasteiger partial charge in [0.1, 0.15) is 0 Å². The molecule has 0 unspecified atom stereocenters. The summed E-state index contributed by atoms with van der Waals surface area (Å²) in [4.78, 5) is 0. The minimum Gasteiger partial charge on any atom is -0.316 e. The number of rotatable bonds is 6. The van der Waals surface area contributed by atoms with Gasteiger partial charge < -0.3 is 5.32 Å². The van der Waals surface area contributed by atoms with Gasteiger partial charge in [0, 0.05) is 19.6 Å². The molecule has 1 aliphatic carbocycles. The number of sulfonamides is 1. The Labute approximate surface area is 93.1 Å². The monoisotopic (exact) mass is 234 g/mol. The van der Waals surface area contributed by atoms with Crippen molar-refractivity contribution < 1.29 is 8.42 Å². The van der Waals surface area contributed by atoms with Crippen molar-refractivity contribution in [3.05, 3.63) is 0 Å². The van der Waals surface area contributed by atoms with Gasteiger partial charge in [0.2, 0.25) is 10.0 Å². The molecule has 0 atom stereocenters. The third kappa shape index (κ3) is 3.74. The molecule has 0 spiro atoms. The lowest BCUT2D eigenvalue weighted by molar-refractivity contribution is 0.372. The van der Waals surface area contributed by atoms with E-state index in [9.17, 15) is 8.42 Å². The van der Waals surface area contributed by atoms with Gasteiger partial charge in [0.05, 0.1) is 5.75 Å². The summed E-state index contributed by atoms with van der Waals surface area (Å²) in [6, 6.07) is 0.247. The molecule has 0 bridgehead atoms. The van der Waals surface area contributed by atoms with Crippen molar-refractivity contribution in [2.24, 2.45) is 0 Å². The van der Waals surface area contributed by atoms with Crippen LogP contribution in [0.3, 0.4) is 0 Å².